The van der Waals surface area contributed by atoms with Crippen molar-refractivity contribution in [3.8, 4) is 5.75 Å². The van der Waals surface area contributed by atoms with Crippen LogP contribution in [0.15, 0.2) is 42.6 Å². The molecule has 2 rings (SSSR count). The number of benzene rings is 1. The molecule has 1 aromatic heterocycles. The van der Waals surface area contributed by atoms with E-state index in [0.717, 1.165) is 0 Å². The third-order valence-corrected chi connectivity index (χ3v) is 2.98. The highest BCUT2D eigenvalue weighted by molar-refractivity contribution is 6.32. The summed E-state index contributed by atoms with van der Waals surface area (Å²) in [5.41, 5.74) is 0.493. The Morgan fingerprint density at radius 3 is 2.67 bits per heavy atom. The molecule has 0 amide bonds. The fourth-order valence-electron chi connectivity index (χ4n) is 1.61. The lowest BCUT2D eigenvalue weighted by atomic mass is 10.1. The number of hydrogen-bond donors (Lipinski definition) is 0. The van der Waals surface area contributed by atoms with Gasteiger partial charge in [-0.05, 0) is 30.3 Å². The molecule has 0 fully saturated rings. The minimum Gasteiger partial charge on any atom is -0.495 e. The van der Waals surface area contributed by atoms with E-state index in [1.165, 1.54) is 25.4 Å². The number of pyridine rings is 1. The van der Waals surface area contributed by atoms with Crippen LogP contribution >= 0.6 is 11.6 Å². The van der Waals surface area contributed by atoms with Gasteiger partial charge in [0.15, 0.2) is 12.4 Å². The van der Waals surface area contributed by atoms with Crippen molar-refractivity contribution in [3.05, 3.63) is 58.9 Å². The summed E-state index contributed by atoms with van der Waals surface area (Å²) in [6.07, 6.45) is 1.47. The Bertz CT molecular complexity index is 658. The van der Waals surface area contributed by atoms with Gasteiger partial charge in [0.05, 0.1) is 12.1 Å². The van der Waals surface area contributed by atoms with Gasteiger partial charge in [0, 0.05) is 11.8 Å². The minimum absolute atomic E-state index is 0.151. The highest BCUT2D eigenvalue weighted by Gasteiger charge is 2.13. The third kappa shape index (κ3) is 3.79. The minimum atomic E-state index is -0.649. The lowest BCUT2D eigenvalue weighted by Gasteiger charge is -2.06. The topological polar surface area (TPSA) is 65.5 Å². The Kier molecular flexibility index (Phi) is 4.90. The molecular formula is C15H12ClNO4. The highest BCUT2D eigenvalue weighted by atomic mass is 35.5. The molecule has 1 aromatic carbocycles. The first-order chi connectivity index (χ1) is 10.1. The van der Waals surface area contributed by atoms with Crippen LogP contribution in [0, 0.1) is 0 Å². The number of halogens is 1. The van der Waals surface area contributed by atoms with Crippen LogP contribution in [-0.2, 0) is 4.74 Å². The summed E-state index contributed by atoms with van der Waals surface area (Å²) in [5.74, 6) is -0.536. The zero-order chi connectivity index (χ0) is 15.2. The van der Waals surface area contributed by atoms with Gasteiger partial charge >= 0.3 is 5.97 Å². The van der Waals surface area contributed by atoms with E-state index in [1.54, 1.807) is 24.3 Å². The van der Waals surface area contributed by atoms with E-state index in [-0.39, 0.29) is 18.1 Å². The maximum Gasteiger partial charge on any atom is 0.357 e. The lowest BCUT2D eigenvalue weighted by molar-refractivity contribution is 0.0469. The van der Waals surface area contributed by atoms with E-state index >= 15 is 0 Å². The summed E-state index contributed by atoms with van der Waals surface area (Å²) in [7, 11) is 1.48. The van der Waals surface area contributed by atoms with E-state index in [1.807, 2.05) is 0 Å². The molecular weight excluding hydrogens is 294 g/mol. The zero-order valence-corrected chi connectivity index (χ0v) is 12.0. The van der Waals surface area contributed by atoms with Crippen molar-refractivity contribution >= 4 is 23.4 Å². The lowest BCUT2D eigenvalue weighted by Crippen LogP contribution is -2.15. The molecule has 0 aliphatic carbocycles. The molecule has 0 atom stereocenters. The summed E-state index contributed by atoms with van der Waals surface area (Å²) < 4.78 is 9.91. The van der Waals surface area contributed by atoms with E-state index in [9.17, 15) is 9.59 Å². The van der Waals surface area contributed by atoms with Crippen LogP contribution in [0.4, 0.5) is 0 Å². The van der Waals surface area contributed by atoms with Gasteiger partial charge in [0.1, 0.15) is 11.4 Å². The van der Waals surface area contributed by atoms with Crippen molar-refractivity contribution in [1.29, 1.82) is 0 Å². The fourth-order valence-corrected chi connectivity index (χ4v) is 1.87. The number of esters is 1. The van der Waals surface area contributed by atoms with Crippen LogP contribution in [0.3, 0.4) is 0 Å². The van der Waals surface area contributed by atoms with Crippen molar-refractivity contribution in [2.75, 3.05) is 13.7 Å². The molecule has 0 spiro atoms. The van der Waals surface area contributed by atoms with Crippen LogP contribution in [-0.4, -0.2) is 30.5 Å². The maximum atomic E-state index is 11.9. The summed E-state index contributed by atoms with van der Waals surface area (Å²) in [5, 5.41) is 0.319. The van der Waals surface area contributed by atoms with Gasteiger partial charge in [-0.1, -0.05) is 17.7 Å². The van der Waals surface area contributed by atoms with E-state index in [2.05, 4.69) is 4.98 Å². The number of rotatable bonds is 5. The normalized spacial score (nSPS) is 10.0. The molecule has 5 nitrogen and oxygen atoms in total. The van der Waals surface area contributed by atoms with Gasteiger partial charge in [0.2, 0.25) is 0 Å². The van der Waals surface area contributed by atoms with E-state index < -0.39 is 5.97 Å². The second-order valence-corrected chi connectivity index (χ2v) is 4.47. The molecule has 108 valence electrons. The average molecular weight is 306 g/mol. The van der Waals surface area contributed by atoms with E-state index in [4.69, 9.17) is 21.1 Å². The second-order valence-electron chi connectivity index (χ2n) is 4.06. The van der Waals surface area contributed by atoms with Gasteiger partial charge in [-0.2, -0.15) is 0 Å². The Balaban J connectivity index is 1.99. The summed E-state index contributed by atoms with van der Waals surface area (Å²) in [6.45, 7) is -0.377. The maximum absolute atomic E-state index is 11.9. The smallest absolute Gasteiger partial charge is 0.357 e. The van der Waals surface area contributed by atoms with Crippen LogP contribution < -0.4 is 4.74 Å². The fraction of sp³-hybridized carbons (Fsp3) is 0.133. The Morgan fingerprint density at radius 2 is 2.05 bits per heavy atom. The highest BCUT2D eigenvalue weighted by Crippen LogP contribution is 2.25. The first kappa shape index (κ1) is 15.0. The van der Waals surface area contributed by atoms with Crippen molar-refractivity contribution in [2.45, 2.75) is 0 Å². The van der Waals surface area contributed by atoms with Crippen molar-refractivity contribution < 1.29 is 19.1 Å². The molecule has 0 radical (unpaired) electrons. The molecule has 0 unspecified atom stereocenters. The number of nitrogens with zero attached hydrogens (tertiary/aromatic N) is 1. The van der Waals surface area contributed by atoms with Gasteiger partial charge in [0.25, 0.3) is 0 Å². The van der Waals surface area contributed by atoms with Crippen molar-refractivity contribution in [1.82, 2.24) is 4.98 Å². The SMILES string of the molecule is COc1ccc(C(=O)COC(=O)c2ccccn2)cc1Cl. The quantitative estimate of drug-likeness (QED) is 0.628. The number of hydrogen-bond acceptors (Lipinski definition) is 5. The van der Waals surface area contributed by atoms with E-state index in [0.29, 0.717) is 16.3 Å². The number of aromatic nitrogens is 1. The van der Waals surface area contributed by atoms with Crippen molar-refractivity contribution in [2.24, 2.45) is 0 Å². The van der Waals surface area contributed by atoms with Gasteiger partial charge < -0.3 is 9.47 Å². The number of methoxy groups -OCH3 is 1. The molecule has 6 heteroatoms. The molecule has 0 N–H and O–H groups in total. The predicted octanol–water partition coefficient (Wildman–Crippen LogP) is 2.78. The van der Waals surface area contributed by atoms with Crippen LogP contribution in [0.5, 0.6) is 5.75 Å². The van der Waals surface area contributed by atoms with Crippen LogP contribution in [0.1, 0.15) is 20.8 Å². The largest absolute Gasteiger partial charge is 0.495 e. The van der Waals surface area contributed by atoms with Crippen LogP contribution in [0.2, 0.25) is 5.02 Å². The number of carbonyl (C=O) groups is 2. The zero-order valence-electron chi connectivity index (χ0n) is 11.2. The van der Waals surface area contributed by atoms with Gasteiger partial charge in [-0.15, -0.1) is 0 Å². The Morgan fingerprint density at radius 1 is 1.24 bits per heavy atom. The number of carbonyl (C=O) groups excluding carboxylic acids is 2. The van der Waals surface area contributed by atoms with Gasteiger partial charge in [-0.3, -0.25) is 4.79 Å². The second kappa shape index (κ2) is 6.85. The number of ether oxygens (including phenoxy) is 2. The molecule has 0 aliphatic rings. The molecule has 0 aliphatic heterocycles. The molecule has 1 heterocycles. The van der Waals surface area contributed by atoms with Crippen molar-refractivity contribution in [3.63, 3.8) is 0 Å². The molecule has 2 aromatic rings. The standard InChI is InChI=1S/C15H12ClNO4/c1-20-14-6-5-10(8-11(14)16)13(18)9-21-15(19)12-4-2-3-7-17-12/h2-8H,9H2,1H3. The molecule has 21 heavy (non-hydrogen) atoms. The monoisotopic (exact) mass is 305 g/mol. The first-order valence-electron chi connectivity index (χ1n) is 6.06. The summed E-state index contributed by atoms with van der Waals surface area (Å²) in [6, 6.07) is 9.46. The molecule has 0 saturated heterocycles. The number of ketones is 1. The Labute approximate surface area is 126 Å². The summed E-state index contributed by atoms with van der Waals surface area (Å²) >= 11 is 5.94. The number of Topliss-reactive ketones (excluding diaryl/α,β-unsaturated/α-hetero) is 1. The van der Waals surface area contributed by atoms with Crippen LogP contribution in [0.25, 0.3) is 0 Å². The summed E-state index contributed by atoms with van der Waals surface area (Å²) in [4.78, 5) is 27.4. The third-order valence-electron chi connectivity index (χ3n) is 2.68. The predicted molar refractivity (Wildman–Crippen MR) is 76.9 cm³/mol. The molecule has 0 bridgehead atoms. The first-order valence-corrected chi connectivity index (χ1v) is 6.44. The van der Waals surface area contributed by atoms with Gasteiger partial charge in [-0.25, -0.2) is 9.78 Å². The Hall–Kier alpha value is -2.40. The molecule has 0 saturated carbocycles. The average Bonchev–Trinajstić information content (AvgIpc) is 2.53.